The summed E-state index contributed by atoms with van der Waals surface area (Å²) in [4.78, 5) is 4.15. The smallest absolute Gasteiger partial charge is 0.190 e. The van der Waals surface area contributed by atoms with Crippen LogP contribution in [0.15, 0.2) is 29.3 Å². The molecule has 0 fully saturated rings. The molecule has 0 aliphatic carbocycles. The Morgan fingerprint density at radius 1 is 1.14 bits per heavy atom. The second-order valence-corrected chi connectivity index (χ2v) is 4.82. The number of hydrogen-bond donors (Lipinski definition) is 2. The highest BCUT2D eigenvalue weighted by Gasteiger charge is 2.01. The van der Waals surface area contributed by atoms with E-state index < -0.39 is 0 Å². The Kier molecular flexibility index (Phi) is 9.20. The molecule has 1 aromatic carbocycles. The van der Waals surface area contributed by atoms with Crippen LogP contribution in [0.1, 0.15) is 24.8 Å². The van der Waals surface area contributed by atoms with Gasteiger partial charge in [0.2, 0.25) is 0 Å². The lowest BCUT2D eigenvalue weighted by Crippen LogP contribution is -2.38. The average molecular weight is 295 g/mol. The number of hydrogen-bond acceptors (Lipinski definition) is 2. The molecule has 0 spiro atoms. The van der Waals surface area contributed by atoms with E-state index in [0.717, 1.165) is 43.9 Å². The van der Waals surface area contributed by atoms with Gasteiger partial charge in [0.05, 0.1) is 0 Å². The van der Waals surface area contributed by atoms with Crippen molar-refractivity contribution in [1.29, 1.82) is 0 Å². The van der Waals surface area contributed by atoms with E-state index >= 15 is 0 Å². The second kappa shape index (κ2) is 11.1. The minimum Gasteiger partial charge on any atom is -0.385 e. The van der Waals surface area contributed by atoms with Gasteiger partial charge in [-0.3, -0.25) is 4.99 Å². The predicted molar refractivity (Wildman–Crippen MR) is 85.2 cm³/mol. The van der Waals surface area contributed by atoms with Crippen molar-refractivity contribution < 1.29 is 9.13 Å². The van der Waals surface area contributed by atoms with Crippen LogP contribution >= 0.6 is 0 Å². The van der Waals surface area contributed by atoms with Crippen LogP contribution in [0.2, 0.25) is 0 Å². The number of benzene rings is 1. The molecule has 0 aliphatic rings. The molecule has 0 aromatic heterocycles. The van der Waals surface area contributed by atoms with Crippen LogP contribution in [0.5, 0.6) is 0 Å². The Labute approximate surface area is 126 Å². The average Bonchev–Trinajstić information content (AvgIpc) is 2.50. The third kappa shape index (κ3) is 7.66. The van der Waals surface area contributed by atoms with Crippen LogP contribution in [0, 0.1) is 5.82 Å². The zero-order chi connectivity index (χ0) is 15.3. The number of ether oxygens (including phenoxy) is 1. The largest absolute Gasteiger partial charge is 0.385 e. The zero-order valence-corrected chi connectivity index (χ0v) is 13.0. The van der Waals surface area contributed by atoms with Crippen molar-refractivity contribution in [1.82, 2.24) is 10.6 Å². The maximum atomic E-state index is 13.5. The summed E-state index contributed by atoms with van der Waals surface area (Å²) >= 11 is 0. The summed E-state index contributed by atoms with van der Waals surface area (Å²) in [6.07, 6.45) is 3.93. The van der Waals surface area contributed by atoms with Crippen molar-refractivity contribution in [2.45, 2.75) is 25.7 Å². The first-order chi connectivity index (χ1) is 10.3. The van der Waals surface area contributed by atoms with Crippen molar-refractivity contribution >= 4 is 5.96 Å². The van der Waals surface area contributed by atoms with Gasteiger partial charge in [0, 0.05) is 33.9 Å². The van der Waals surface area contributed by atoms with Crippen LogP contribution in [0.4, 0.5) is 4.39 Å². The summed E-state index contributed by atoms with van der Waals surface area (Å²) in [6, 6.07) is 6.85. The summed E-state index contributed by atoms with van der Waals surface area (Å²) in [7, 11) is 3.46. The maximum absolute atomic E-state index is 13.5. The van der Waals surface area contributed by atoms with E-state index in [1.165, 1.54) is 6.07 Å². The van der Waals surface area contributed by atoms with Gasteiger partial charge in [-0.1, -0.05) is 18.2 Å². The van der Waals surface area contributed by atoms with Crippen LogP contribution < -0.4 is 10.6 Å². The predicted octanol–water partition coefficient (Wildman–Crippen LogP) is 2.35. The van der Waals surface area contributed by atoms with Gasteiger partial charge in [0.1, 0.15) is 5.82 Å². The lowest BCUT2D eigenvalue weighted by Gasteiger charge is -2.12. The highest BCUT2D eigenvalue weighted by Crippen LogP contribution is 2.06. The lowest BCUT2D eigenvalue weighted by molar-refractivity contribution is 0.192. The van der Waals surface area contributed by atoms with Gasteiger partial charge in [-0.25, -0.2) is 4.39 Å². The summed E-state index contributed by atoms with van der Waals surface area (Å²) in [5.74, 6) is 0.610. The van der Waals surface area contributed by atoms with E-state index in [1.807, 2.05) is 12.1 Å². The normalized spacial score (nSPS) is 11.5. The molecule has 0 atom stereocenters. The van der Waals surface area contributed by atoms with E-state index in [4.69, 9.17) is 4.74 Å². The first kappa shape index (κ1) is 17.4. The van der Waals surface area contributed by atoms with Crippen molar-refractivity contribution in [3.63, 3.8) is 0 Å². The number of nitrogens with zero attached hydrogens (tertiary/aromatic N) is 1. The second-order valence-electron chi connectivity index (χ2n) is 4.82. The Bertz CT molecular complexity index is 424. The van der Waals surface area contributed by atoms with E-state index in [2.05, 4.69) is 15.6 Å². The van der Waals surface area contributed by atoms with Gasteiger partial charge in [-0.15, -0.1) is 0 Å². The van der Waals surface area contributed by atoms with Gasteiger partial charge in [-0.2, -0.15) is 0 Å². The summed E-state index contributed by atoms with van der Waals surface area (Å²) in [6.45, 7) is 2.35. The number of nitrogens with one attached hydrogen (secondary N) is 2. The molecule has 1 aromatic rings. The number of guanidine groups is 1. The molecule has 0 radical (unpaired) electrons. The molecule has 0 heterocycles. The van der Waals surface area contributed by atoms with Crippen LogP contribution in [-0.2, 0) is 11.2 Å². The fourth-order valence-electron chi connectivity index (χ4n) is 1.99. The van der Waals surface area contributed by atoms with Crippen LogP contribution in [0.3, 0.4) is 0 Å². The highest BCUT2D eigenvalue weighted by molar-refractivity contribution is 5.79. The lowest BCUT2D eigenvalue weighted by atomic mass is 10.1. The van der Waals surface area contributed by atoms with Crippen molar-refractivity contribution in [3.05, 3.63) is 35.6 Å². The molecule has 2 N–H and O–H groups in total. The monoisotopic (exact) mass is 295 g/mol. The van der Waals surface area contributed by atoms with Crippen molar-refractivity contribution in [2.24, 2.45) is 4.99 Å². The van der Waals surface area contributed by atoms with Gasteiger partial charge in [0.25, 0.3) is 0 Å². The fraction of sp³-hybridized carbons (Fsp3) is 0.562. The fourth-order valence-corrected chi connectivity index (χ4v) is 1.99. The van der Waals surface area contributed by atoms with E-state index in [9.17, 15) is 4.39 Å². The summed E-state index contributed by atoms with van der Waals surface area (Å²) in [5.41, 5.74) is 0.722. The molecular formula is C16H26FN3O. The van der Waals surface area contributed by atoms with Gasteiger partial charge in [0.15, 0.2) is 5.96 Å². The minimum absolute atomic E-state index is 0.152. The molecule has 0 bridgehead atoms. The molecule has 118 valence electrons. The van der Waals surface area contributed by atoms with Gasteiger partial charge >= 0.3 is 0 Å². The highest BCUT2D eigenvalue weighted by atomic mass is 19.1. The number of aliphatic imine (C=N–C) groups is 1. The first-order valence-electron chi connectivity index (χ1n) is 7.44. The topological polar surface area (TPSA) is 45.7 Å². The molecule has 0 saturated heterocycles. The van der Waals surface area contributed by atoms with Crippen LogP contribution in [-0.4, -0.2) is 39.8 Å². The molecule has 4 nitrogen and oxygen atoms in total. The van der Waals surface area contributed by atoms with Crippen molar-refractivity contribution in [3.8, 4) is 0 Å². The minimum atomic E-state index is -0.152. The number of unbranched alkanes of at least 4 members (excludes halogenated alkanes) is 2. The summed E-state index contributed by atoms with van der Waals surface area (Å²) in [5, 5.41) is 6.45. The maximum Gasteiger partial charge on any atom is 0.190 e. The molecule has 0 unspecified atom stereocenters. The molecular weight excluding hydrogens is 269 g/mol. The third-order valence-electron chi connectivity index (χ3n) is 3.19. The Balaban J connectivity index is 2.16. The first-order valence-corrected chi connectivity index (χ1v) is 7.44. The number of methoxy groups -OCH3 is 1. The molecule has 0 amide bonds. The van der Waals surface area contributed by atoms with E-state index in [-0.39, 0.29) is 5.82 Å². The number of halogens is 1. The Hall–Kier alpha value is -1.62. The Morgan fingerprint density at radius 3 is 2.62 bits per heavy atom. The zero-order valence-electron chi connectivity index (χ0n) is 13.0. The standard InChI is InChI=1S/C16H26FN3O/c1-18-16(19-11-6-3-7-13-21-2)20-12-10-14-8-4-5-9-15(14)17/h4-5,8-9H,3,6-7,10-13H2,1-2H3,(H2,18,19,20). The van der Waals surface area contributed by atoms with E-state index in [0.29, 0.717) is 13.0 Å². The Morgan fingerprint density at radius 2 is 1.90 bits per heavy atom. The van der Waals surface area contributed by atoms with E-state index in [1.54, 1.807) is 20.2 Å². The molecule has 21 heavy (non-hydrogen) atoms. The molecule has 5 heteroatoms. The molecule has 1 rings (SSSR count). The molecule has 0 aliphatic heterocycles. The number of rotatable bonds is 9. The summed E-state index contributed by atoms with van der Waals surface area (Å²) < 4.78 is 18.5. The SMILES string of the molecule is CN=C(NCCCCCOC)NCCc1ccccc1F. The third-order valence-corrected chi connectivity index (χ3v) is 3.19. The quantitative estimate of drug-likeness (QED) is 0.417. The van der Waals surface area contributed by atoms with Crippen LogP contribution in [0.25, 0.3) is 0 Å². The van der Waals surface area contributed by atoms with Gasteiger partial charge < -0.3 is 15.4 Å². The van der Waals surface area contributed by atoms with Gasteiger partial charge in [-0.05, 0) is 37.3 Å². The molecule has 0 saturated carbocycles. The van der Waals surface area contributed by atoms with Crippen molar-refractivity contribution in [2.75, 3.05) is 33.9 Å².